The van der Waals surface area contributed by atoms with Crippen LogP contribution >= 0.6 is 0 Å². The predicted molar refractivity (Wildman–Crippen MR) is 59.6 cm³/mol. The van der Waals surface area contributed by atoms with Gasteiger partial charge in [0.15, 0.2) is 0 Å². The monoisotopic (exact) mass is 211 g/mol. The van der Waals surface area contributed by atoms with Gasteiger partial charge in [-0.15, -0.1) is 0 Å². The van der Waals surface area contributed by atoms with Gasteiger partial charge in [0, 0.05) is 25.4 Å². The van der Waals surface area contributed by atoms with Crippen molar-refractivity contribution in [2.75, 3.05) is 6.54 Å². The molecule has 0 aliphatic carbocycles. The quantitative estimate of drug-likeness (QED) is 0.698. The molecule has 0 aromatic heterocycles. The van der Waals surface area contributed by atoms with Gasteiger partial charge < -0.3 is 4.90 Å². The fraction of sp³-hybridized carbons (Fsp3) is 0.833. The third kappa shape index (κ3) is 3.65. The summed E-state index contributed by atoms with van der Waals surface area (Å²) in [7, 11) is 0. The summed E-state index contributed by atoms with van der Waals surface area (Å²) in [4.78, 5) is 24.7. The Bertz CT molecular complexity index is 238. The number of amides is 1. The number of rotatable bonds is 5. The Morgan fingerprint density at radius 1 is 1.53 bits per heavy atom. The first-order valence-corrected chi connectivity index (χ1v) is 5.94. The van der Waals surface area contributed by atoms with E-state index in [4.69, 9.17) is 0 Å². The predicted octanol–water partition coefficient (Wildman–Crippen LogP) is 2.15. The summed E-state index contributed by atoms with van der Waals surface area (Å²) >= 11 is 0. The minimum absolute atomic E-state index is 0.176. The van der Waals surface area contributed by atoms with E-state index in [1.54, 1.807) is 6.92 Å². The Labute approximate surface area is 91.8 Å². The third-order valence-electron chi connectivity index (χ3n) is 2.96. The summed E-state index contributed by atoms with van der Waals surface area (Å²) in [5.74, 6) is 0.428. The van der Waals surface area contributed by atoms with Gasteiger partial charge in [0.05, 0.1) is 0 Å². The summed E-state index contributed by atoms with van der Waals surface area (Å²) in [5.41, 5.74) is 0. The van der Waals surface area contributed by atoms with Crippen molar-refractivity contribution in [3.63, 3.8) is 0 Å². The third-order valence-corrected chi connectivity index (χ3v) is 2.96. The molecule has 0 aromatic rings. The van der Waals surface area contributed by atoms with E-state index in [1.165, 1.54) is 0 Å². The maximum atomic E-state index is 11.7. The fourth-order valence-electron chi connectivity index (χ4n) is 2.17. The molecule has 0 spiro atoms. The van der Waals surface area contributed by atoms with Crippen LogP contribution in [0.1, 0.15) is 52.4 Å². The number of hydrogen-bond donors (Lipinski definition) is 0. The van der Waals surface area contributed by atoms with E-state index < -0.39 is 0 Å². The molecule has 3 heteroatoms. The molecule has 1 heterocycles. The molecule has 86 valence electrons. The molecule has 1 fully saturated rings. The maximum absolute atomic E-state index is 11.7. The van der Waals surface area contributed by atoms with Crippen molar-refractivity contribution in [3.8, 4) is 0 Å². The highest BCUT2D eigenvalue weighted by molar-refractivity contribution is 5.80. The molecule has 1 aliphatic rings. The standard InChI is InChI=1S/C12H21NO2/c1-3-4-8-13-11(9-10(2)14)6-5-7-12(13)15/h11H,3-9H2,1-2H3. The highest BCUT2D eigenvalue weighted by atomic mass is 16.2. The van der Waals surface area contributed by atoms with E-state index in [-0.39, 0.29) is 17.7 Å². The van der Waals surface area contributed by atoms with E-state index in [2.05, 4.69) is 6.92 Å². The zero-order valence-electron chi connectivity index (χ0n) is 9.79. The highest BCUT2D eigenvalue weighted by Gasteiger charge is 2.27. The van der Waals surface area contributed by atoms with E-state index in [0.717, 1.165) is 32.2 Å². The van der Waals surface area contributed by atoms with Gasteiger partial charge in [-0.2, -0.15) is 0 Å². The first kappa shape index (κ1) is 12.2. The van der Waals surface area contributed by atoms with Crippen molar-refractivity contribution >= 4 is 11.7 Å². The van der Waals surface area contributed by atoms with Crippen molar-refractivity contribution in [2.24, 2.45) is 0 Å². The van der Waals surface area contributed by atoms with Crippen molar-refractivity contribution in [1.82, 2.24) is 4.90 Å². The summed E-state index contributed by atoms with van der Waals surface area (Å²) in [6, 6.07) is 0.176. The Hall–Kier alpha value is -0.860. The normalized spacial score (nSPS) is 21.9. The van der Waals surface area contributed by atoms with Gasteiger partial charge in [-0.1, -0.05) is 13.3 Å². The summed E-state index contributed by atoms with van der Waals surface area (Å²) in [6.07, 6.45) is 5.28. The molecule has 1 rings (SSSR count). The second kappa shape index (κ2) is 5.89. The van der Waals surface area contributed by atoms with Gasteiger partial charge in [-0.25, -0.2) is 0 Å². The number of nitrogens with zero attached hydrogens (tertiary/aromatic N) is 1. The minimum Gasteiger partial charge on any atom is -0.339 e. The van der Waals surface area contributed by atoms with Gasteiger partial charge in [0.1, 0.15) is 5.78 Å². The van der Waals surface area contributed by atoms with Crippen LogP contribution in [0.4, 0.5) is 0 Å². The summed E-state index contributed by atoms with van der Waals surface area (Å²) in [5, 5.41) is 0. The molecule has 0 aromatic carbocycles. The van der Waals surface area contributed by atoms with Gasteiger partial charge in [-0.05, 0) is 26.2 Å². The van der Waals surface area contributed by atoms with Crippen LogP contribution in [-0.4, -0.2) is 29.2 Å². The second-order valence-electron chi connectivity index (χ2n) is 4.39. The lowest BCUT2D eigenvalue weighted by Crippen LogP contribution is -2.44. The van der Waals surface area contributed by atoms with Crippen LogP contribution in [0.25, 0.3) is 0 Å². The zero-order chi connectivity index (χ0) is 11.3. The molecule has 1 amide bonds. The first-order chi connectivity index (χ1) is 7.15. The smallest absolute Gasteiger partial charge is 0.222 e. The lowest BCUT2D eigenvalue weighted by Gasteiger charge is -2.35. The zero-order valence-corrected chi connectivity index (χ0v) is 9.79. The summed E-state index contributed by atoms with van der Waals surface area (Å²) in [6.45, 7) is 4.55. The molecule has 1 atom stereocenters. The molecule has 1 saturated heterocycles. The van der Waals surface area contributed by atoms with Gasteiger partial charge in [-0.3, -0.25) is 9.59 Å². The highest BCUT2D eigenvalue weighted by Crippen LogP contribution is 2.21. The number of piperidine rings is 1. The first-order valence-electron chi connectivity index (χ1n) is 5.94. The average Bonchev–Trinajstić information content (AvgIpc) is 2.16. The van der Waals surface area contributed by atoms with Crippen molar-refractivity contribution in [1.29, 1.82) is 0 Å². The van der Waals surface area contributed by atoms with Crippen molar-refractivity contribution in [2.45, 2.75) is 58.4 Å². The Kier molecular flexibility index (Phi) is 4.79. The lowest BCUT2D eigenvalue weighted by molar-refractivity contribution is -0.137. The van der Waals surface area contributed by atoms with E-state index in [9.17, 15) is 9.59 Å². The number of carbonyl (C=O) groups excluding carboxylic acids is 2. The van der Waals surface area contributed by atoms with Gasteiger partial charge >= 0.3 is 0 Å². The molecule has 0 radical (unpaired) electrons. The lowest BCUT2D eigenvalue weighted by atomic mass is 9.97. The largest absolute Gasteiger partial charge is 0.339 e. The van der Waals surface area contributed by atoms with Crippen molar-refractivity contribution < 1.29 is 9.59 Å². The molecule has 3 nitrogen and oxygen atoms in total. The number of carbonyl (C=O) groups is 2. The molecular formula is C12H21NO2. The molecule has 15 heavy (non-hydrogen) atoms. The molecule has 0 bridgehead atoms. The van der Waals surface area contributed by atoms with Crippen molar-refractivity contribution in [3.05, 3.63) is 0 Å². The van der Waals surface area contributed by atoms with E-state index in [1.807, 2.05) is 4.90 Å². The second-order valence-corrected chi connectivity index (χ2v) is 4.39. The van der Waals surface area contributed by atoms with Crippen LogP contribution in [-0.2, 0) is 9.59 Å². The topological polar surface area (TPSA) is 37.4 Å². The van der Waals surface area contributed by atoms with Crippen LogP contribution in [0.2, 0.25) is 0 Å². The van der Waals surface area contributed by atoms with Gasteiger partial charge in [0.2, 0.25) is 5.91 Å². The van der Waals surface area contributed by atoms with E-state index >= 15 is 0 Å². The summed E-state index contributed by atoms with van der Waals surface area (Å²) < 4.78 is 0. The number of Topliss-reactive ketones (excluding diaryl/α,β-unsaturated/α-hetero) is 1. The molecule has 1 aliphatic heterocycles. The number of ketones is 1. The number of unbranched alkanes of at least 4 members (excludes halogenated alkanes) is 1. The minimum atomic E-state index is 0.176. The number of hydrogen-bond acceptors (Lipinski definition) is 2. The average molecular weight is 211 g/mol. The number of likely N-dealkylation sites (tertiary alicyclic amines) is 1. The SMILES string of the molecule is CCCCN1C(=O)CCCC1CC(C)=O. The van der Waals surface area contributed by atoms with Gasteiger partial charge in [0.25, 0.3) is 0 Å². The van der Waals surface area contributed by atoms with Crippen LogP contribution in [0.5, 0.6) is 0 Å². The van der Waals surface area contributed by atoms with Crippen LogP contribution < -0.4 is 0 Å². The molecular weight excluding hydrogens is 190 g/mol. The van der Waals surface area contributed by atoms with Crippen LogP contribution in [0.15, 0.2) is 0 Å². The fourth-order valence-corrected chi connectivity index (χ4v) is 2.17. The Morgan fingerprint density at radius 3 is 2.87 bits per heavy atom. The Morgan fingerprint density at radius 2 is 2.27 bits per heavy atom. The van der Waals surface area contributed by atoms with Crippen LogP contribution in [0, 0.1) is 0 Å². The van der Waals surface area contributed by atoms with E-state index in [0.29, 0.717) is 12.8 Å². The Balaban J connectivity index is 2.55. The van der Waals surface area contributed by atoms with Crippen LogP contribution in [0.3, 0.4) is 0 Å². The molecule has 0 N–H and O–H groups in total. The maximum Gasteiger partial charge on any atom is 0.222 e. The molecule has 0 saturated carbocycles. The molecule has 1 unspecified atom stereocenters.